The Morgan fingerprint density at radius 3 is 1.82 bits per heavy atom. The van der Waals surface area contributed by atoms with Gasteiger partial charge in [-0.05, 0) is 23.1 Å². The molecule has 3 aromatic carbocycles. The second-order valence-corrected chi connectivity index (χ2v) is 8.19. The number of carbonyl (C=O) groups excluding carboxylic acids is 1. The highest BCUT2D eigenvalue weighted by atomic mass is 35.5. The topological polar surface area (TPSA) is 43.1 Å². The first-order chi connectivity index (χ1) is 13.4. The number of ketones is 1. The zero-order valence-electron chi connectivity index (χ0n) is 15.9. The summed E-state index contributed by atoms with van der Waals surface area (Å²) in [6.45, 7) is 3.85. The zero-order chi connectivity index (χ0) is 20.3. The molecule has 0 unspecified atom stereocenters. The van der Waals surface area contributed by atoms with E-state index in [1.54, 1.807) is 12.1 Å². The normalized spacial score (nSPS) is 12.8. The van der Waals surface area contributed by atoms with E-state index in [0.29, 0.717) is 10.6 Å². The Hall–Kier alpha value is -2.13. The summed E-state index contributed by atoms with van der Waals surface area (Å²) in [5.41, 5.74) is 9.06. The fourth-order valence-corrected chi connectivity index (χ4v) is 4.04. The first-order valence-electron chi connectivity index (χ1n) is 9.25. The van der Waals surface area contributed by atoms with Gasteiger partial charge in [0.25, 0.3) is 0 Å². The van der Waals surface area contributed by atoms with Crippen molar-refractivity contribution in [2.45, 2.75) is 24.8 Å². The predicted molar refractivity (Wildman–Crippen MR) is 117 cm³/mol. The minimum absolute atomic E-state index is 0.0479. The third kappa shape index (κ3) is 3.86. The molecule has 0 aromatic heterocycles. The molecule has 0 amide bonds. The standard InChI is InChI=1S/C24H23Cl2NO/c1-16(2)22(27)23(28)17-13-14-20(21(25)15-17)24(26,18-9-5-3-6-10-18)19-11-7-4-8-12-19/h3-16,22H,27H2,1-2H3/t22-/m0/s1. The molecule has 4 heteroatoms. The molecule has 0 bridgehead atoms. The predicted octanol–water partition coefficient (Wildman–Crippen LogP) is 6.04. The van der Waals surface area contributed by atoms with Crippen molar-refractivity contribution in [2.75, 3.05) is 0 Å². The van der Waals surface area contributed by atoms with Crippen LogP contribution in [-0.2, 0) is 4.87 Å². The summed E-state index contributed by atoms with van der Waals surface area (Å²) >= 11 is 13.9. The number of alkyl halides is 1. The highest BCUT2D eigenvalue weighted by Crippen LogP contribution is 2.45. The first-order valence-corrected chi connectivity index (χ1v) is 10.0. The van der Waals surface area contributed by atoms with Gasteiger partial charge in [0.05, 0.1) is 6.04 Å². The van der Waals surface area contributed by atoms with Crippen molar-refractivity contribution in [3.8, 4) is 0 Å². The molecule has 0 aliphatic rings. The highest BCUT2D eigenvalue weighted by Gasteiger charge is 2.36. The maximum absolute atomic E-state index is 12.6. The quantitative estimate of drug-likeness (QED) is 0.305. The lowest BCUT2D eigenvalue weighted by atomic mass is 9.83. The van der Waals surface area contributed by atoms with E-state index in [4.69, 9.17) is 28.9 Å². The number of rotatable bonds is 6. The number of benzene rings is 3. The molecule has 0 spiro atoms. The van der Waals surface area contributed by atoms with Gasteiger partial charge in [0, 0.05) is 16.1 Å². The SMILES string of the molecule is CC(C)[C@H](N)C(=O)c1ccc(C(Cl)(c2ccccc2)c2ccccc2)c(Cl)c1. The van der Waals surface area contributed by atoms with Crippen LogP contribution < -0.4 is 5.73 Å². The van der Waals surface area contributed by atoms with E-state index >= 15 is 0 Å². The monoisotopic (exact) mass is 411 g/mol. The zero-order valence-corrected chi connectivity index (χ0v) is 17.4. The Balaban J connectivity index is 2.14. The Kier molecular flexibility index (Phi) is 6.24. The van der Waals surface area contributed by atoms with Crippen LogP contribution in [0.15, 0.2) is 78.9 Å². The molecule has 3 aromatic rings. The van der Waals surface area contributed by atoms with Gasteiger partial charge in [0.2, 0.25) is 0 Å². The lowest BCUT2D eigenvalue weighted by Crippen LogP contribution is -2.35. The highest BCUT2D eigenvalue weighted by molar-refractivity contribution is 6.35. The minimum atomic E-state index is -0.971. The molecule has 0 saturated heterocycles. The molecule has 0 aliphatic carbocycles. The molecule has 3 rings (SSSR count). The van der Waals surface area contributed by atoms with Gasteiger partial charge in [-0.2, -0.15) is 0 Å². The average molecular weight is 412 g/mol. The van der Waals surface area contributed by atoms with E-state index in [9.17, 15) is 4.79 Å². The van der Waals surface area contributed by atoms with Gasteiger partial charge in [-0.15, -0.1) is 11.6 Å². The summed E-state index contributed by atoms with van der Waals surface area (Å²) in [6, 6.07) is 24.3. The summed E-state index contributed by atoms with van der Waals surface area (Å²) < 4.78 is 0. The first kappa shape index (κ1) is 20.6. The lowest BCUT2D eigenvalue weighted by Gasteiger charge is -2.30. The minimum Gasteiger partial charge on any atom is -0.321 e. The van der Waals surface area contributed by atoms with E-state index in [1.807, 2.05) is 80.6 Å². The molecular weight excluding hydrogens is 389 g/mol. The third-order valence-corrected chi connectivity index (χ3v) is 5.94. The molecule has 0 fully saturated rings. The summed E-state index contributed by atoms with van der Waals surface area (Å²) in [5, 5.41) is 0.435. The van der Waals surface area contributed by atoms with Gasteiger partial charge in [0.15, 0.2) is 5.78 Å². The Morgan fingerprint density at radius 1 is 0.893 bits per heavy atom. The van der Waals surface area contributed by atoms with Gasteiger partial charge in [-0.1, -0.05) is 98.2 Å². The van der Waals surface area contributed by atoms with Crippen LogP contribution in [0.3, 0.4) is 0 Å². The largest absolute Gasteiger partial charge is 0.321 e. The van der Waals surface area contributed by atoms with Gasteiger partial charge < -0.3 is 5.73 Å². The third-order valence-electron chi connectivity index (χ3n) is 4.99. The van der Waals surface area contributed by atoms with Crippen molar-refractivity contribution >= 4 is 29.0 Å². The summed E-state index contributed by atoms with van der Waals surface area (Å²) in [4.78, 5) is 11.7. The van der Waals surface area contributed by atoms with Crippen LogP contribution in [0.25, 0.3) is 0 Å². The molecule has 0 saturated carbocycles. The molecular formula is C24H23Cl2NO. The number of carbonyl (C=O) groups is 1. The molecule has 2 N–H and O–H groups in total. The van der Waals surface area contributed by atoms with Gasteiger partial charge in [-0.25, -0.2) is 0 Å². The Labute approximate surface area is 176 Å². The number of halogens is 2. The molecule has 0 aliphatic heterocycles. The van der Waals surface area contributed by atoms with Crippen LogP contribution in [-0.4, -0.2) is 11.8 Å². The smallest absolute Gasteiger partial charge is 0.179 e. The second-order valence-electron chi connectivity index (χ2n) is 7.22. The van der Waals surface area contributed by atoms with Crippen molar-refractivity contribution < 1.29 is 4.79 Å². The van der Waals surface area contributed by atoms with Crippen LogP contribution in [0.2, 0.25) is 5.02 Å². The van der Waals surface area contributed by atoms with E-state index in [2.05, 4.69) is 0 Å². The summed E-state index contributed by atoms with van der Waals surface area (Å²) in [7, 11) is 0. The van der Waals surface area contributed by atoms with E-state index in [-0.39, 0.29) is 11.7 Å². The average Bonchev–Trinajstić information content (AvgIpc) is 2.73. The fourth-order valence-electron chi connectivity index (χ4n) is 3.26. The van der Waals surface area contributed by atoms with Crippen LogP contribution in [0.4, 0.5) is 0 Å². The maximum Gasteiger partial charge on any atom is 0.179 e. The van der Waals surface area contributed by atoms with E-state index in [1.165, 1.54) is 0 Å². The van der Waals surface area contributed by atoms with Gasteiger partial charge in [0.1, 0.15) is 4.87 Å². The molecule has 144 valence electrons. The molecule has 28 heavy (non-hydrogen) atoms. The van der Waals surface area contributed by atoms with Crippen molar-refractivity contribution in [3.05, 3.63) is 106 Å². The molecule has 1 atom stereocenters. The van der Waals surface area contributed by atoms with Crippen LogP contribution >= 0.6 is 23.2 Å². The summed E-state index contributed by atoms with van der Waals surface area (Å²) in [5.74, 6) is -0.0743. The Bertz CT molecular complexity index is 915. The number of nitrogens with two attached hydrogens (primary N) is 1. The molecule has 2 nitrogen and oxygen atoms in total. The molecule has 0 heterocycles. The van der Waals surface area contributed by atoms with Crippen LogP contribution in [0, 0.1) is 5.92 Å². The number of hydrogen-bond acceptors (Lipinski definition) is 2. The van der Waals surface area contributed by atoms with Gasteiger partial charge in [-0.3, -0.25) is 4.79 Å². The van der Waals surface area contributed by atoms with Crippen molar-refractivity contribution in [3.63, 3.8) is 0 Å². The van der Waals surface area contributed by atoms with Crippen molar-refractivity contribution in [1.29, 1.82) is 0 Å². The van der Waals surface area contributed by atoms with E-state index in [0.717, 1.165) is 16.7 Å². The van der Waals surface area contributed by atoms with Crippen molar-refractivity contribution in [1.82, 2.24) is 0 Å². The maximum atomic E-state index is 12.6. The van der Waals surface area contributed by atoms with Crippen LogP contribution in [0.1, 0.15) is 40.9 Å². The lowest BCUT2D eigenvalue weighted by molar-refractivity contribution is 0.0940. The second kappa shape index (κ2) is 8.48. The number of hydrogen-bond donors (Lipinski definition) is 1. The van der Waals surface area contributed by atoms with Crippen LogP contribution in [0.5, 0.6) is 0 Å². The van der Waals surface area contributed by atoms with E-state index < -0.39 is 10.9 Å². The summed E-state index contributed by atoms with van der Waals surface area (Å²) in [6.07, 6.45) is 0. The molecule has 0 radical (unpaired) electrons. The Morgan fingerprint density at radius 2 is 1.39 bits per heavy atom. The van der Waals surface area contributed by atoms with Gasteiger partial charge >= 0.3 is 0 Å². The number of Topliss-reactive ketones (excluding diaryl/α,β-unsaturated/α-hetero) is 1. The van der Waals surface area contributed by atoms with Crippen molar-refractivity contribution in [2.24, 2.45) is 11.7 Å². The fraction of sp³-hybridized carbons (Fsp3) is 0.208.